The second-order valence-corrected chi connectivity index (χ2v) is 17.8. The van der Waals surface area contributed by atoms with Crippen LogP contribution in [-0.4, -0.2) is 62.6 Å². The lowest BCUT2D eigenvalue weighted by Gasteiger charge is -2.37. The molecule has 0 saturated carbocycles. The SMILES string of the molecule is COc1ccc2c(c1)[C@]1(O[C@@H](CC(=O)N3Cc4ccccc4C[C@H]3CO)[C@H]([Si](C)(C)F)[C@H]1C)C(=O)N2C/C=C(\C)CCC=C(C)C. The van der Waals surface area contributed by atoms with Gasteiger partial charge in [0.15, 0.2) is 5.60 Å². The second-order valence-electron chi connectivity index (χ2n) is 14.0. The molecule has 1 fully saturated rings. The minimum Gasteiger partial charge on any atom is -0.497 e. The number of halogens is 1. The fourth-order valence-corrected chi connectivity index (χ4v) is 10.3. The van der Waals surface area contributed by atoms with Crippen LogP contribution in [0, 0.1) is 5.92 Å². The largest absolute Gasteiger partial charge is 0.497 e. The van der Waals surface area contributed by atoms with Crippen molar-refractivity contribution < 1.29 is 28.3 Å². The maximum atomic E-state index is 16.4. The van der Waals surface area contributed by atoms with Crippen molar-refractivity contribution in [3.63, 3.8) is 0 Å². The van der Waals surface area contributed by atoms with Gasteiger partial charge in [-0.05, 0) is 82.5 Å². The number of anilines is 1. The molecule has 0 radical (unpaired) electrons. The van der Waals surface area contributed by atoms with Crippen LogP contribution in [0.25, 0.3) is 0 Å². The summed E-state index contributed by atoms with van der Waals surface area (Å²) in [6.45, 7) is 12.0. The van der Waals surface area contributed by atoms with E-state index >= 15 is 4.11 Å². The number of amides is 2. The van der Waals surface area contributed by atoms with Crippen molar-refractivity contribution in [3.8, 4) is 5.75 Å². The highest BCUT2D eigenvalue weighted by Crippen LogP contribution is 2.60. The van der Waals surface area contributed by atoms with Gasteiger partial charge in [0.2, 0.25) is 14.3 Å². The van der Waals surface area contributed by atoms with Crippen molar-refractivity contribution in [2.75, 3.05) is 25.2 Å². The molecular weight excluding hydrogens is 600 g/mol. The Bertz CT molecular complexity index is 1530. The molecule has 5 rings (SSSR count). The van der Waals surface area contributed by atoms with E-state index in [1.165, 1.54) is 11.1 Å². The lowest BCUT2D eigenvalue weighted by molar-refractivity contribution is -0.150. The number of benzene rings is 2. The van der Waals surface area contributed by atoms with Gasteiger partial charge in [-0.15, -0.1) is 0 Å². The van der Waals surface area contributed by atoms with Crippen LogP contribution in [0.15, 0.2) is 65.8 Å². The van der Waals surface area contributed by atoms with Crippen molar-refractivity contribution in [2.24, 2.45) is 5.92 Å². The molecule has 2 aromatic carbocycles. The van der Waals surface area contributed by atoms with Crippen molar-refractivity contribution in [1.29, 1.82) is 0 Å². The van der Waals surface area contributed by atoms with Crippen LogP contribution in [-0.2, 0) is 32.9 Å². The third kappa shape index (κ3) is 6.34. The number of fused-ring (bicyclic) bond motifs is 3. The molecule has 0 bridgehead atoms. The van der Waals surface area contributed by atoms with Gasteiger partial charge in [0.1, 0.15) is 5.75 Å². The molecule has 1 saturated heterocycles. The molecule has 0 unspecified atom stereocenters. The molecule has 3 aliphatic rings. The van der Waals surface area contributed by atoms with E-state index < -0.39 is 31.6 Å². The maximum Gasteiger partial charge on any atom is 0.264 e. The number of aliphatic hydroxyl groups excluding tert-OH is 1. The van der Waals surface area contributed by atoms with Gasteiger partial charge >= 0.3 is 0 Å². The van der Waals surface area contributed by atoms with Crippen LogP contribution in [0.5, 0.6) is 5.75 Å². The Morgan fingerprint density at radius 2 is 1.87 bits per heavy atom. The van der Waals surface area contributed by atoms with Gasteiger partial charge in [-0.2, -0.15) is 0 Å². The monoisotopic (exact) mass is 648 g/mol. The van der Waals surface area contributed by atoms with Gasteiger partial charge in [0.05, 0.1) is 38.0 Å². The van der Waals surface area contributed by atoms with Crippen LogP contribution in [0.4, 0.5) is 9.80 Å². The number of rotatable bonds is 10. The summed E-state index contributed by atoms with van der Waals surface area (Å²) in [5.74, 6) is -0.356. The zero-order chi connectivity index (χ0) is 33.4. The molecule has 1 spiro atoms. The van der Waals surface area contributed by atoms with Gasteiger partial charge in [-0.1, -0.05) is 54.5 Å². The topological polar surface area (TPSA) is 79.3 Å². The van der Waals surface area contributed by atoms with E-state index in [1.54, 1.807) is 30.0 Å². The smallest absolute Gasteiger partial charge is 0.264 e. The van der Waals surface area contributed by atoms with Crippen LogP contribution >= 0.6 is 0 Å². The number of aliphatic hydroxyl groups is 1. The van der Waals surface area contributed by atoms with Crippen molar-refractivity contribution >= 4 is 25.9 Å². The number of nitrogens with zero attached hydrogens (tertiary/aromatic N) is 2. The van der Waals surface area contributed by atoms with E-state index in [0.717, 1.165) is 29.7 Å². The molecule has 2 amide bonds. The summed E-state index contributed by atoms with van der Waals surface area (Å²) >= 11 is 0. The summed E-state index contributed by atoms with van der Waals surface area (Å²) in [5.41, 5.74) is 3.97. The minimum atomic E-state index is -3.46. The summed E-state index contributed by atoms with van der Waals surface area (Å²) in [5, 5.41) is 10.2. The molecule has 3 aliphatic heterocycles. The van der Waals surface area contributed by atoms with E-state index in [-0.39, 0.29) is 30.9 Å². The number of carbonyl (C=O) groups excluding carboxylic acids is 2. The first-order valence-electron chi connectivity index (χ1n) is 16.4. The second kappa shape index (κ2) is 13.5. The Morgan fingerprint density at radius 1 is 1.15 bits per heavy atom. The van der Waals surface area contributed by atoms with E-state index in [2.05, 4.69) is 32.9 Å². The lowest BCUT2D eigenvalue weighted by atomic mass is 9.82. The number of ether oxygens (including phenoxy) is 2. The van der Waals surface area contributed by atoms with Crippen LogP contribution < -0.4 is 9.64 Å². The third-order valence-corrected chi connectivity index (χ3v) is 12.6. The minimum absolute atomic E-state index is 0.0638. The standard InChI is InChI=1S/C37H49FN2O5Si/c1-24(2)11-10-12-25(3)17-18-39-32-16-15-30(44-5)20-31(32)37(36(39)43)26(4)35(46(6,7)38)33(45-37)21-34(42)40-22-28-14-9-8-13-27(28)19-29(40)23-41/h8-9,11,13-17,20,26,29,33,35,41H,10,12,18-19,21-23H2,1-7H3/b25-17+/t26-,29+,33+,35-,37+/m1/s1. The highest BCUT2D eigenvalue weighted by atomic mass is 28.4. The number of methoxy groups -OCH3 is 1. The number of allylic oxidation sites excluding steroid dienone is 3. The number of carbonyl (C=O) groups is 2. The molecule has 5 atom stereocenters. The fourth-order valence-electron chi connectivity index (χ4n) is 7.80. The Hall–Kier alpha value is -3.27. The first-order valence-corrected chi connectivity index (χ1v) is 19.4. The summed E-state index contributed by atoms with van der Waals surface area (Å²) in [7, 11) is -1.88. The lowest BCUT2D eigenvalue weighted by Crippen LogP contribution is -2.48. The third-order valence-electron chi connectivity index (χ3n) is 10.1. The highest BCUT2D eigenvalue weighted by Gasteiger charge is 2.67. The van der Waals surface area contributed by atoms with E-state index in [1.807, 2.05) is 49.4 Å². The van der Waals surface area contributed by atoms with Crippen molar-refractivity contribution in [2.45, 2.75) is 96.3 Å². The molecule has 9 heteroatoms. The van der Waals surface area contributed by atoms with E-state index in [9.17, 15) is 14.7 Å². The molecule has 46 heavy (non-hydrogen) atoms. The molecule has 7 nitrogen and oxygen atoms in total. The predicted octanol–water partition coefficient (Wildman–Crippen LogP) is 6.85. The van der Waals surface area contributed by atoms with E-state index in [4.69, 9.17) is 9.47 Å². The summed E-state index contributed by atoms with van der Waals surface area (Å²) in [4.78, 5) is 32.1. The van der Waals surface area contributed by atoms with Crippen molar-refractivity contribution in [1.82, 2.24) is 4.90 Å². The van der Waals surface area contributed by atoms with Gasteiger partial charge in [-0.3, -0.25) is 9.59 Å². The average Bonchev–Trinajstić information content (AvgIpc) is 3.44. The molecule has 2 aromatic rings. The normalized spacial score (nSPS) is 25.9. The molecule has 1 N–H and O–H groups in total. The van der Waals surface area contributed by atoms with E-state index in [0.29, 0.717) is 30.8 Å². The van der Waals surface area contributed by atoms with Gasteiger partial charge in [-0.25, -0.2) is 0 Å². The van der Waals surface area contributed by atoms with Crippen LogP contribution in [0.1, 0.15) is 63.6 Å². The fraction of sp³-hybridized carbons (Fsp3) is 0.514. The summed E-state index contributed by atoms with van der Waals surface area (Å²) in [6, 6.07) is 13.1. The van der Waals surface area contributed by atoms with Crippen LogP contribution in [0.2, 0.25) is 18.6 Å². The summed E-state index contributed by atoms with van der Waals surface area (Å²) in [6.07, 6.45) is 5.81. The Kier molecular flexibility index (Phi) is 9.96. The summed E-state index contributed by atoms with van der Waals surface area (Å²) < 4.78 is 28.8. The zero-order valence-electron chi connectivity index (χ0n) is 28.3. The zero-order valence-corrected chi connectivity index (χ0v) is 29.3. The van der Waals surface area contributed by atoms with Gasteiger partial charge in [0.25, 0.3) is 5.91 Å². The Balaban J connectivity index is 1.48. The average molecular weight is 649 g/mol. The first-order chi connectivity index (χ1) is 21.8. The molecule has 0 aliphatic carbocycles. The van der Waals surface area contributed by atoms with Gasteiger partial charge in [0, 0.05) is 30.1 Å². The maximum absolute atomic E-state index is 16.4. The first kappa shape index (κ1) is 34.1. The predicted molar refractivity (Wildman–Crippen MR) is 182 cm³/mol. The number of hydrogen-bond donors (Lipinski definition) is 1. The molecule has 3 heterocycles. The van der Waals surface area contributed by atoms with Crippen molar-refractivity contribution in [3.05, 3.63) is 82.5 Å². The van der Waals surface area contributed by atoms with Crippen LogP contribution in [0.3, 0.4) is 0 Å². The highest BCUT2D eigenvalue weighted by molar-refractivity contribution is 6.72. The molecule has 248 valence electrons. The quantitative estimate of drug-likeness (QED) is 0.173. The molecule has 0 aromatic heterocycles. The molecular formula is C37H49FN2O5Si. The Labute approximate surface area is 274 Å². The number of hydrogen-bond acceptors (Lipinski definition) is 5. The Morgan fingerprint density at radius 3 is 2.52 bits per heavy atom. The van der Waals surface area contributed by atoms with Gasteiger partial charge < -0.3 is 28.5 Å².